The normalized spacial score (nSPS) is 18.6. The van der Waals surface area contributed by atoms with E-state index in [1.54, 1.807) is 6.08 Å². The number of hydrogen-bond acceptors (Lipinski definition) is 3. The predicted molar refractivity (Wildman–Crippen MR) is 60.0 cm³/mol. The number of halogens is 1. The highest BCUT2D eigenvalue weighted by atomic mass is 79.9. The Bertz CT molecular complexity index is 413. The van der Waals surface area contributed by atoms with Crippen LogP contribution in [-0.4, -0.2) is 19.2 Å². The zero-order valence-electron chi connectivity index (χ0n) is 8.07. The molecule has 1 atom stereocenters. The summed E-state index contributed by atoms with van der Waals surface area (Å²) >= 11 is 3.44. The van der Waals surface area contributed by atoms with Gasteiger partial charge in [-0.2, -0.15) is 0 Å². The van der Waals surface area contributed by atoms with Gasteiger partial charge in [0.1, 0.15) is 5.75 Å². The lowest BCUT2D eigenvalue weighted by molar-refractivity contribution is 0.267. The van der Waals surface area contributed by atoms with Crippen LogP contribution in [-0.2, 0) is 4.79 Å². The van der Waals surface area contributed by atoms with Crippen molar-refractivity contribution in [3.63, 3.8) is 0 Å². The Labute approximate surface area is 96.3 Å². The first kappa shape index (κ1) is 10.4. The molecule has 1 aliphatic heterocycles. The van der Waals surface area contributed by atoms with E-state index < -0.39 is 0 Å². The van der Waals surface area contributed by atoms with Crippen molar-refractivity contribution in [1.82, 2.24) is 0 Å². The van der Waals surface area contributed by atoms with Crippen LogP contribution < -0.4 is 4.74 Å². The minimum atomic E-state index is 0.271. The third-order valence-electron chi connectivity index (χ3n) is 2.53. The molecule has 0 saturated carbocycles. The zero-order valence-corrected chi connectivity index (χ0v) is 9.66. The monoisotopic (exact) mass is 267 g/mol. The second-order valence-electron chi connectivity index (χ2n) is 3.42. The lowest BCUT2D eigenvalue weighted by Gasteiger charge is -2.25. The maximum absolute atomic E-state index is 10.1. The standard InChI is InChI=1S/C11H10BrNO2/c12-10-3-1-2-9-8(6-13-7-14)4-5-15-11(9)10/h1-3,8H,4-6H2. The van der Waals surface area contributed by atoms with E-state index in [1.807, 2.05) is 18.2 Å². The quantitative estimate of drug-likeness (QED) is 0.611. The molecule has 0 spiro atoms. The van der Waals surface area contributed by atoms with Gasteiger partial charge < -0.3 is 4.74 Å². The third-order valence-corrected chi connectivity index (χ3v) is 3.15. The number of ether oxygens (including phenoxy) is 1. The first-order valence-electron chi connectivity index (χ1n) is 4.77. The van der Waals surface area contributed by atoms with Gasteiger partial charge in [-0.05, 0) is 28.4 Å². The molecule has 1 aliphatic rings. The second-order valence-corrected chi connectivity index (χ2v) is 4.28. The molecule has 0 bridgehead atoms. The van der Waals surface area contributed by atoms with Crippen molar-refractivity contribution in [2.75, 3.05) is 13.2 Å². The fourth-order valence-corrected chi connectivity index (χ4v) is 2.29. The van der Waals surface area contributed by atoms with Crippen molar-refractivity contribution in [2.45, 2.75) is 12.3 Å². The van der Waals surface area contributed by atoms with Gasteiger partial charge in [-0.1, -0.05) is 12.1 Å². The maximum Gasteiger partial charge on any atom is 0.234 e. The van der Waals surface area contributed by atoms with Crippen molar-refractivity contribution in [3.05, 3.63) is 28.2 Å². The third kappa shape index (κ3) is 2.11. The van der Waals surface area contributed by atoms with Crippen LogP contribution in [0.1, 0.15) is 17.9 Å². The fraction of sp³-hybridized carbons (Fsp3) is 0.364. The average Bonchev–Trinajstić information content (AvgIpc) is 2.27. The molecule has 2 rings (SSSR count). The van der Waals surface area contributed by atoms with Crippen LogP contribution >= 0.6 is 15.9 Å². The van der Waals surface area contributed by atoms with Crippen molar-refractivity contribution >= 4 is 22.0 Å². The number of carbonyl (C=O) groups excluding carboxylic acids is 1. The largest absolute Gasteiger partial charge is 0.492 e. The molecule has 0 radical (unpaired) electrons. The molecule has 0 aliphatic carbocycles. The van der Waals surface area contributed by atoms with Crippen molar-refractivity contribution in [1.29, 1.82) is 0 Å². The summed E-state index contributed by atoms with van der Waals surface area (Å²) in [7, 11) is 0. The molecule has 1 aromatic carbocycles. The molecule has 1 unspecified atom stereocenters. The highest BCUT2D eigenvalue weighted by molar-refractivity contribution is 9.10. The Hall–Kier alpha value is -1.12. The van der Waals surface area contributed by atoms with Gasteiger partial charge in [0.05, 0.1) is 17.6 Å². The predicted octanol–water partition coefficient (Wildman–Crippen LogP) is 2.65. The summed E-state index contributed by atoms with van der Waals surface area (Å²) in [6.07, 6.45) is 2.48. The molecule has 78 valence electrons. The smallest absolute Gasteiger partial charge is 0.234 e. The first-order valence-corrected chi connectivity index (χ1v) is 5.57. The summed E-state index contributed by atoms with van der Waals surface area (Å²) < 4.78 is 6.54. The molecular formula is C11H10BrNO2. The van der Waals surface area contributed by atoms with E-state index in [1.165, 1.54) is 0 Å². The van der Waals surface area contributed by atoms with Crippen LogP contribution in [0.25, 0.3) is 0 Å². The van der Waals surface area contributed by atoms with Crippen molar-refractivity contribution in [2.24, 2.45) is 4.99 Å². The van der Waals surface area contributed by atoms with Crippen LogP contribution in [0.15, 0.2) is 27.7 Å². The SMILES string of the molecule is O=C=NCC1CCOc2c(Br)cccc21. The Balaban J connectivity index is 2.33. The van der Waals surface area contributed by atoms with Crippen LogP contribution in [0.4, 0.5) is 0 Å². The number of rotatable bonds is 2. The van der Waals surface area contributed by atoms with Crippen LogP contribution in [0.5, 0.6) is 5.75 Å². The van der Waals surface area contributed by atoms with Crippen molar-refractivity contribution < 1.29 is 9.53 Å². The van der Waals surface area contributed by atoms with Gasteiger partial charge in [0.15, 0.2) is 0 Å². The maximum atomic E-state index is 10.1. The number of benzene rings is 1. The van der Waals surface area contributed by atoms with E-state index in [-0.39, 0.29) is 5.92 Å². The van der Waals surface area contributed by atoms with E-state index in [2.05, 4.69) is 20.9 Å². The molecule has 4 heteroatoms. The van der Waals surface area contributed by atoms with Gasteiger partial charge in [0.25, 0.3) is 0 Å². The minimum absolute atomic E-state index is 0.271. The van der Waals surface area contributed by atoms with Crippen LogP contribution in [0.2, 0.25) is 0 Å². The summed E-state index contributed by atoms with van der Waals surface area (Å²) in [6, 6.07) is 5.93. The van der Waals surface area contributed by atoms with Gasteiger partial charge >= 0.3 is 0 Å². The fourth-order valence-electron chi connectivity index (χ4n) is 1.80. The molecule has 1 aromatic rings. The molecule has 3 nitrogen and oxygen atoms in total. The van der Waals surface area contributed by atoms with Gasteiger partial charge in [-0.15, -0.1) is 0 Å². The number of aliphatic imine (C=N–C) groups is 1. The first-order chi connectivity index (χ1) is 7.33. The summed E-state index contributed by atoms with van der Waals surface area (Å²) in [5.41, 5.74) is 1.12. The molecule has 0 aromatic heterocycles. The molecule has 0 amide bonds. The van der Waals surface area contributed by atoms with Gasteiger partial charge in [0, 0.05) is 11.5 Å². The summed E-state index contributed by atoms with van der Waals surface area (Å²) in [5.74, 6) is 1.16. The number of nitrogens with zero attached hydrogens (tertiary/aromatic N) is 1. The zero-order chi connectivity index (χ0) is 10.7. The summed E-state index contributed by atoms with van der Waals surface area (Å²) in [6.45, 7) is 1.17. The van der Waals surface area contributed by atoms with Crippen LogP contribution in [0, 0.1) is 0 Å². The molecule has 0 fully saturated rings. The number of fused-ring (bicyclic) bond motifs is 1. The topological polar surface area (TPSA) is 38.7 Å². The van der Waals surface area contributed by atoms with E-state index in [0.29, 0.717) is 13.2 Å². The number of isocyanates is 1. The second kappa shape index (κ2) is 4.60. The lowest BCUT2D eigenvalue weighted by atomic mass is 9.93. The molecule has 15 heavy (non-hydrogen) atoms. The van der Waals surface area contributed by atoms with Crippen molar-refractivity contribution in [3.8, 4) is 5.75 Å². The highest BCUT2D eigenvalue weighted by Gasteiger charge is 2.22. The van der Waals surface area contributed by atoms with E-state index in [4.69, 9.17) is 4.74 Å². The summed E-state index contributed by atoms with van der Waals surface area (Å²) in [5, 5.41) is 0. The molecule has 0 N–H and O–H groups in total. The molecule has 0 saturated heterocycles. The Morgan fingerprint density at radius 2 is 2.47 bits per heavy atom. The van der Waals surface area contributed by atoms with Gasteiger partial charge in [0.2, 0.25) is 6.08 Å². The minimum Gasteiger partial charge on any atom is -0.492 e. The Kier molecular flexibility index (Phi) is 3.19. The van der Waals surface area contributed by atoms with E-state index >= 15 is 0 Å². The molecule has 1 heterocycles. The van der Waals surface area contributed by atoms with Gasteiger partial charge in [-0.25, -0.2) is 9.79 Å². The number of hydrogen-bond donors (Lipinski definition) is 0. The average molecular weight is 268 g/mol. The summed E-state index contributed by atoms with van der Waals surface area (Å²) in [4.78, 5) is 13.7. The van der Waals surface area contributed by atoms with Crippen LogP contribution in [0.3, 0.4) is 0 Å². The van der Waals surface area contributed by atoms with Gasteiger partial charge in [-0.3, -0.25) is 0 Å². The number of para-hydroxylation sites is 1. The lowest BCUT2D eigenvalue weighted by Crippen LogP contribution is -2.16. The van der Waals surface area contributed by atoms with E-state index in [9.17, 15) is 4.79 Å². The Morgan fingerprint density at radius 3 is 3.27 bits per heavy atom. The molecular weight excluding hydrogens is 258 g/mol. The Morgan fingerprint density at radius 1 is 1.60 bits per heavy atom. The van der Waals surface area contributed by atoms with E-state index in [0.717, 1.165) is 22.2 Å². The highest BCUT2D eigenvalue weighted by Crippen LogP contribution is 2.38.